The second kappa shape index (κ2) is 12.5. The lowest BCUT2D eigenvalue weighted by molar-refractivity contribution is -0.127. The van der Waals surface area contributed by atoms with Crippen LogP contribution >= 0.6 is 22.9 Å². The summed E-state index contributed by atoms with van der Waals surface area (Å²) in [6.45, 7) is 5.57. The van der Waals surface area contributed by atoms with Crippen molar-refractivity contribution in [3.05, 3.63) is 64.2 Å². The molecule has 3 rings (SSSR count). The van der Waals surface area contributed by atoms with Crippen LogP contribution in [0.15, 0.2) is 53.4 Å². The van der Waals surface area contributed by atoms with Gasteiger partial charge in [0.15, 0.2) is 0 Å². The molecule has 0 aliphatic carbocycles. The van der Waals surface area contributed by atoms with E-state index in [9.17, 15) is 27.5 Å². The largest absolute Gasteiger partial charge is 0.390 e. The fraction of sp³-hybridized carbons (Fsp3) is 0.385. The van der Waals surface area contributed by atoms with Crippen LogP contribution in [0.5, 0.6) is 0 Å². The van der Waals surface area contributed by atoms with Gasteiger partial charge in [0.05, 0.1) is 16.0 Å². The molecule has 0 radical (unpaired) electrons. The summed E-state index contributed by atoms with van der Waals surface area (Å²) in [7, 11) is -3.92. The summed E-state index contributed by atoms with van der Waals surface area (Å²) in [6.07, 6.45) is -0.347. The third-order valence-corrected chi connectivity index (χ3v) is 8.86. The third-order valence-electron chi connectivity index (χ3n) is 5.80. The Balaban J connectivity index is 1.54. The van der Waals surface area contributed by atoms with Crippen molar-refractivity contribution in [1.29, 1.82) is 0 Å². The molecule has 0 aliphatic heterocycles. The van der Waals surface area contributed by atoms with E-state index in [4.69, 9.17) is 11.6 Å². The molecule has 1 aromatic heterocycles. The Kier molecular flexibility index (Phi) is 9.88. The minimum atomic E-state index is -3.92. The Hall–Kier alpha value is -2.57. The molecule has 1 heterocycles. The molecule has 0 saturated heterocycles. The number of thiophene rings is 1. The van der Waals surface area contributed by atoms with Crippen molar-refractivity contribution < 1.29 is 27.5 Å². The van der Waals surface area contributed by atoms with Crippen molar-refractivity contribution in [1.82, 2.24) is 15.4 Å². The molecule has 8 nitrogen and oxygen atoms in total. The number of halogens is 2. The number of hydrogen-bond acceptors (Lipinski definition) is 6. The van der Waals surface area contributed by atoms with Crippen LogP contribution in [0, 0.1) is 11.2 Å². The molecule has 38 heavy (non-hydrogen) atoms. The van der Waals surface area contributed by atoms with Gasteiger partial charge in [-0.15, -0.1) is 11.3 Å². The molecule has 0 saturated carbocycles. The van der Waals surface area contributed by atoms with Crippen molar-refractivity contribution in [2.75, 3.05) is 13.1 Å². The molecule has 2 unspecified atom stereocenters. The number of aliphatic hydroxyl groups excluding tert-OH is 1. The monoisotopic (exact) mass is 583 g/mol. The highest BCUT2D eigenvalue weighted by atomic mass is 35.5. The van der Waals surface area contributed by atoms with Gasteiger partial charge in [-0.3, -0.25) is 9.59 Å². The first-order chi connectivity index (χ1) is 17.8. The van der Waals surface area contributed by atoms with Gasteiger partial charge in [0.1, 0.15) is 16.8 Å². The van der Waals surface area contributed by atoms with E-state index in [2.05, 4.69) is 15.4 Å². The highest BCUT2D eigenvalue weighted by Crippen LogP contribution is 2.27. The summed E-state index contributed by atoms with van der Waals surface area (Å²) < 4.78 is 41.3. The number of benzene rings is 2. The number of unbranched alkanes of at least 4 members (excludes halogenated alkanes) is 1. The second-order valence-corrected chi connectivity index (χ2v) is 13.1. The smallest absolute Gasteiger partial charge is 0.262 e. The maximum atomic E-state index is 13.2. The van der Waals surface area contributed by atoms with E-state index in [1.165, 1.54) is 11.3 Å². The number of carbonyl (C=O) groups is 2. The van der Waals surface area contributed by atoms with Crippen LogP contribution in [-0.2, 0) is 14.8 Å². The van der Waals surface area contributed by atoms with Crippen molar-refractivity contribution >= 4 is 54.9 Å². The van der Waals surface area contributed by atoms with Crippen LogP contribution in [-0.4, -0.2) is 50.6 Å². The van der Waals surface area contributed by atoms with Crippen LogP contribution in [0.4, 0.5) is 4.39 Å². The molecule has 2 aromatic carbocycles. The van der Waals surface area contributed by atoms with E-state index in [-0.39, 0.29) is 23.0 Å². The molecule has 0 aliphatic rings. The summed E-state index contributed by atoms with van der Waals surface area (Å²) in [5.74, 6) is -1.64. The van der Waals surface area contributed by atoms with Crippen LogP contribution in [0.1, 0.15) is 43.3 Å². The molecule has 3 aromatic rings. The first kappa shape index (κ1) is 30.0. The topological polar surface area (TPSA) is 125 Å². The summed E-state index contributed by atoms with van der Waals surface area (Å²) in [5.41, 5.74) is -0.685. The summed E-state index contributed by atoms with van der Waals surface area (Å²) in [5, 5.41) is 16.9. The van der Waals surface area contributed by atoms with Crippen LogP contribution in [0.3, 0.4) is 0 Å². The predicted octanol–water partition coefficient (Wildman–Crippen LogP) is 4.07. The highest BCUT2D eigenvalue weighted by Gasteiger charge is 2.36. The average molecular weight is 584 g/mol. The number of amides is 2. The van der Waals surface area contributed by atoms with E-state index < -0.39 is 45.2 Å². The molecular weight excluding hydrogens is 553 g/mol. The van der Waals surface area contributed by atoms with Crippen molar-refractivity contribution in [2.45, 2.75) is 50.7 Å². The molecule has 12 heteroatoms. The van der Waals surface area contributed by atoms with Crippen LogP contribution in [0.2, 0.25) is 5.02 Å². The van der Waals surface area contributed by atoms with Crippen LogP contribution < -0.4 is 15.4 Å². The second-order valence-electron chi connectivity index (χ2n) is 9.88. The molecule has 0 fully saturated rings. The van der Waals surface area contributed by atoms with Gasteiger partial charge in [-0.05, 0) is 54.0 Å². The zero-order chi connectivity index (χ0) is 28.1. The van der Waals surface area contributed by atoms with E-state index in [1.807, 2.05) is 24.3 Å². The number of carbonyl (C=O) groups excluding carboxylic acids is 2. The van der Waals surface area contributed by atoms with Gasteiger partial charge >= 0.3 is 0 Å². The van der Waals surface area contributed by atoms with Gasteiger partial charge in [0.2, 0.25) is 15.9 Å². The fourth-order valence-corrected chi connectivity index (χ4v) is 6.21. The van der Waals surface area contributed by atoms with Crippen molar-refractivity contribution in [2.24, 2.45) is 5.41 Å². The van der Waals surface area contributed by atoms with Gasteiger partial charge in [-0.1, -0.05) is 50.6 Å². The van der Waals surface area contributed by atoms with Gasteiger partial charge in [0, 0.05) is 17.8 Å². The maximum absolute atomic E-state index is 13.2. The zero-order valence-electron chi connectivity index (χ0n) is 21.3. The summed E-state index contributed by atoms with van der Waals surface area (Å²) in [6, 6.07) is 11.1. The van der Waals surface area contributed by atoms with E-state index in [0.29, 0.717) is 17.7 Å². The first-order valence-electron chi connectivity index (χ1n) is 12.0. The minimum Gasteiger partial charge on any atom is -0.390 e. The van der Waals surface area contributed by atoms with Gasteiger partial charge in [0.25, 0.3) is 5.91 Å². The standard InChI is InChI=1S/C26H31ClFN3O5S2/c1-26(2,3)23(32)22(31-24(33)20-14-16-8-4-5-9-19(16)37-20)25(34)29-12-6-7-13-30-38(35,36)21-11-10-17(28)15-18(21)27/h4-5,8-11,14-15,22-23,30,32H,6-7,12-13H2,1-3H3,(H,29,34)(H,31,33). The van der Waals surface area contributed by atoms with E-state index in [1.54, 1.807) is 26.8 Å². The number of fused-ring (bicyclic) bond motifs is 1. The zero-order valence-corrected chi connectivity index (χ0v) is 23.6. The van der Waals surface area contributed by atoms with Crippen molar-refractivity contribution in [3.8, 4) is 0 Å². The number of nitrogens with one attached hydrogen (secondary N) is 3. The third kappa shape index (κ3) is 7.73. The van der Waals surface area contributed by atoms with E-state index >= 15 is 0 Å². The highest BCUT2D eigenvalue weighted by molar-refractivity contribution is 7.89. The minimum absolute atomic E-state index is 0.0721. The SMILES string of the molecule is CC(C)(C)C(O)C(NC(=O)c1cc2ccccc2s1)C(=O)NCCCCNS(=O)(=O)c1ccc(F)cc1Cl. The number of aliphatic hydroxyl groups is 1. The van der Waals surface area contributed by atoms with Gasteiger partial charge in [-0.25, -0.2) is 17.5 Å². The molecule has 0 spiro atoms. The normalized spacial score (nSPS) is 13.7. The molecule has 2 atom stereocenters. The summed E-state index contributed by atoms with van der Waals surface area (Å²) in [4.78, 5) is 26.1. The first-order valence-corrected chi connectivity index (χ1v) is 14.7. The molecular formula is C26H31ClFN3O5S2. The molecule has 2 amide bonds. The number of hydrogen-bond donors (Lipinski definition) is 4. The van der Waals surface area contributed by atoms with Gasteiger partial charge < -0.3 is 15.7 Å². The lowest BCUT2D eigenvalue weighted by atomic mass is 9.84. The van der Waals surface area contributed by atoms with Gasteiger partial charge in [-0.2, -0.15) is 0 Å². The quantitative estimate of drug-likeness (QED) is 0.253. The average Bonchev–Trinajstić information content (AvgIpc) is 3.27. The molecule has 206 valence electrons. The fourth-order valence-electron chi connectivity index (χ4n) is 3.64. The summed E-state index contributed by atoms with van der Waals surface area (Å²) >= 11 is 7.14. The number of rotatable bonds is 11. The number of sulfonamides is 1. The van der Waals surface area contributed by atoms with Crippen LogP contribution in [0.25, 0.3) is 10.1 Å². The lowest BCUT2D eigenvalue weighted by Gasteiger charge is -2.32. The van der Waals surface area contributed by atoms with Crippen molar-refractivity contribution in [3.63, 3.8) is 0 Å². The Labute approximate surface area is 230 Å². The Morgan fingerprint density at radius 2 is 1.76 bits per heavy atom. The predicted molar refractivity (Wildman–Crippen MR) is 147 cm³/mol. The molecule has 4 N–H and O–H groups in total. The Morgan fingerprint density at radius 3 is 2.42 bits per heavy atom. The maximum Gasteiger partial charge on any atom is 0.262 e. The van der Waals surface area contributed by atoms with E-state index in [0.717, 1.165) is 28.3 Å². The molecule has 0 bridgehead atoms. The lowest BCUT2D eigenvalue weighted by Crippen LogP contribution is -2.56. The Bertz CT molecular complexity index is 1370. The Morgan fingerprint density at radius 1 is 1.08 bits per heavy atom.